The van der Waals surface area contributed by atoms with Crippen molar-refractivity contribution in [2.45, 2.75) is 45.7 Å². The summed E-state index contributed by atoms with van der Waals surface area (Å²) in [7, 11) is 0. The number of carbonyl (C=O) groups is 1. The third-order valence-electron chi connectivity index (χ3n) is 3.72. The van der Waals surface area contributed by atoms with Gasteiger partial charge < -0.3 is 15.6 Å². The van der Waals surface area contributed by atoms with E-state index in [0.29, 0.717) is 17.4 Å². The topological polar surface area (TPSA) is 72.9 Å². The zero-order chi connectivity index (χ0) is 15.1. The molecule has 3 rings (SSSR count). The van der Waals surface area contributed by atoms with Gasteiger partial charge >= 0.3 is 0 Å². The summed E-state index contributed by atoms with van der Waals surface area (Å²) in [6.07, 6.45) is 4.10. The molecule has 2 aromatic heterocycles. The summed E-state index contributed by atoms with van der Waals surface area (Å²) in [6.45, 7) is 5.95. The zero-order valence-corrected chi connectivity index (χ0v) is 13.3. The van der Waals surface area contributed by atoms with E-state index < -0.39 is 0 Å². The lowest BCUT2D eigenvalue weighted by molar-refractivity contribution is 0.0931. The van der Waals surface area contributed by atoms with Crippen LogP contribution < -0.4 is 11.1 Å². The molecule has 0 radical (unpaired) electrons. The maximum absolute atomic E-state index is 12.5. The second kappa shape index (κ2) is 5.18. The minimum absolute atomic E-state index is 0.0486. The Balaban J connectivity index is 1.78. The Bertz CT molecular complexity index is 684. The van der Waals surface area contributed by atoms with E-state index in [9.17, 15) is 4.79 Å². The molecule has 1 aliphatic carbocycles. The van der Waals surface area contributed by atoms with Crippen molar-refractivity contribution >= 4 is 22.9 Å². The monoisotopic (exact) mass is 304 g/mol. The molecular formula is C15H20N4OS. The van der Waals surface area contributed by atoms with Crippen molar-refractivity contribution in [1.82, 2.24) is 14.9 Å². The lowest BCUT2D eigenvalue weighted by Gasteiger charge is -2.14. The average Bonchev–Trinajstić information content (AvgIpc) is 3.09. The van der Waals surface area contributed by atoms with Gasteiger partial charge in [-0.05, 0) is 39.7 Å². The van der Waals surface area contributed by atoms with Crippen molar-refractivity contribution in [2.24, 2.45) is 0 Å². The SMILES string of the molecule is Cc1nc(C)c(C(C)NC(=O)c2cc(N)cn2C2CC2)s1. The van der Waals surface area contributed by atoms with E-state index in [4.69, 9.17) is 5.73 Å². The van der Waals surface area contributed by atoms with Crippen molar-refractivity contribution in [3.05, 3.63) is 33.5 Å². The third-order valence-corrected chi connectivity index (χ3v) is 4.98. The summed E-state index contributed by atoms with van der Waals surface area (Å²) >= 11 is 1.63. The normalized spacial score (nSPS) is 16.0. The molecule has 112 valence electrons. The second-order valence-electron chi connectivity index (χ2n) is 5.67. The van der Waals surface area contributed by atoms with Crippen LogP contribution in [0.25, 0.3) is 0 Å². The molecule has 1 fully saturated rings. The highest BCUT2D eigenvalue weighted by molar-refractivity contribution is 7.11. The number of anilines is 1. The molecule has 6 heteroatoms. The third kappa shape index (κ3) is 2.81. The summed E-state index contributed by atoms with van der Waals surface area (Å²) in [5.74, 6) is -0.0726. The molecule has 5 nitrogen and oxygen atoms in total. The van der Waals surface area contributed by atoms with Crippen LogP contribution in [-0.2, 0) is 0 Å². The number of aromatic nitrogens is 2. The van der Waals surface area contributed by atoms with Crippen LogP contribution in [0.3, 0.4) is 0 Å². The molecule has 1 atom stereocenters. The molecule has 2 aromatic rings. The average molecular weight is 304 g/mol. The van der Waals surface area contributed by atoms with E-state index >= 15 is 0 Å². The van der Waals surface area contributed by atoms with Gasteiger partial charge in [0, 0.05) is 17.1 Å². The molecule has 0 saturated heterocycles. The van der Waals surface area contributed by atoms with E-state index in [2.05, 4.69) is 10.3 Å². The predicted molar refractivity (Wildman–Crippen MR) is 84.6 cm³/mol. The Hall–Kier alpha value is -1.82. The molecule has 1 aliphatic rings. The fraction of sp³-hybridized carbons (Fsp3) is 0.467. The number of rotatable bonds is 4. The van der Waals surface area contributed by atoms with Crippen molar-refractivity contribution in [3.63, 3.8) is 0 Å². The largest absolute Gasteiger partial charge is 0.397 e. The van der Waals surface area contributed by atoms with Gasteiger partial charge in [-0.2, -0.15) is 0 Å². The Morgan fingerprint density at radius 2 is 2.24 bits per heavy atom. The predicted octanol–water partition coefficient (Wildman–Crippen LogP) is 2.97. The van der Waals surface area contributed by atoms with Crippen LogP contribution in [0.4, 0.5) is 5.69 Å². The van der Waals surface area contributed by atoms with Crippen molar-refractivity contribution in [2.75, 3.05) is 5.73 Å². The quantitative estimate of drug-likeness (QED) is 0.912. The molecule has 0 aromatic carbocycles. The Kier molecular flexibility index (Phi) is 3.49. The highest BCUT2D eigenvalue weighted by Gasteiger charge is 2.28. The highest BCUT2D eigenvalue weighted by atomic mass is 32.1. The fourth-order valence-electron chi connectivity index (χ4n) is 2.62. The minimum Gasteiger partial charge on any atom is -0.397 e. The molecule has 1 unspecified atom stereocenters. The van der Waals surface area contributed by atoms with Crippen molar-refractivity contribution in [3.8, 4) is 0 Å². The molecule has 1 amide bonds. The maximum Gasteiger partial charge on any atom is 0.268 e. The first-order valence-electron chi connectivity index (χ1n) is 7.18. The van der Waals surface area contributed by atoms with E-state index in [1.54, 1.807) is 17.4 Å². The number of nitrogens with one attached hydrogen (secondary N) is 1. The summed E-state index contributed by atoms with van der Waals surface area (Å²) in [5, 5.41) is 4.08. The van der Waals surface area contributed by atoms with Gasteiger partial charge in [-0.1, -0.05) is 0 Å². The smallest absolute Gasteiger partial charge is 0.268 e. The first-order valence-corrected chi connectivity index (χ1v) is 7.99. The van der Waals surface area contributed by atoms with Gasteiger partial charge in [-0.15, -0.1) is 11.3 Å². The summed E-state index contributed by atoms with van der Waals surface area (Å²) in [4.78, 5) is 18.0. The summed E-state index contributed by atoms with van der Waals surface area (Å²) in [5.41, 5.74) is 8.13. The van der Waals surface area contributed by atoms with Gasteiger partial charge in [-0.25, -0.2) is 4.98 Å². The number of nitrogen functional groups attached to an aromatic ring is 1. The molecule has 1 saturated carbocycles. The number of aryl methyl sites for hydroxylation is 2. The van der Waals surface area contributed by atoms with E-state index in [0.717, 1.165) is 28.4 Å². The van der Waals surface area contributed by atoms with Gasteiger partial charge in [0.2, 0.25) is 0 Å². The van der Waals surface area contributed by atoms with Crippen LogP contribution in [0.5, 0.6) is 0 Å². The van der Waals surface area contributed by atoms with E-state index in [-0.39, 0.29) is 11.9 Å². The van der Waals surface area contributed by atoms with Crippen LogP contribution in [0.2, 0.25) is 0 Å². The van der Waals surface area contributed by atoms with Gasteiger partial charge in [0.05, 0.1) is 22.4 Å². The number of carbonyl (C=O) groups excluding carboxylic acids is 1. The second-order valence-corrected chi connectivity index (χ2v) is 6.91. The minimum atomic E-state index is -0.0726. The number of amides is 1. The first kappa shape index (κ1) is 14.1. The number of nitrogens with zero attached hydrogens (tertiary/aromatic N) is 2. The van der Waals surface area contributed by atoms with Gasteiger partial charge in [0.25, 0.3) is 5.91 Å². The van der Waals surface area contributed by atoms with Gasteiger partial charge in [0.1, 0.15) is 5.69 Å². The van der Waals surface area contributed by atoms with Gasteiger partial charge in [-0.3, -0.25) is 4.79 Å². The molecular weight excluding hydrogens is 284 g/mol. The molecule has 2 heterocycles. The lowest BCUT2D eigenvalue weighted by atomic mass is 10.2. The zero-order valence-electron chi connectivity index (χ0n) is 12.5. The first-order chi connectivity index (χ1) is 9.95. The van der Waals surface area contributed by atoms with Crippen LogP contribution in [0.1, 0.15) is 57.9 Å². The lowest BCUT2D eigenvalue weighted by Crippen LogP contribution is -2.28. The molecule has 0 bridgehead atoms. The van der Waals surface area contributed by atoms with Crippen molar-refractivity contribution in [1.29, 1.82) is 0 Å². The van der Waals surface area contributed by atoms with Crippen LogP contribution in [-0.4, -0.2) is 15.5 Å². The highest BCUT2D eigenvalue weighted by Crippen LogP contribution is 2.37. The van der Waals surface area contributed by atoms with Crippen molar-refractivity contribution < 1.29 is 4.79 Å². The molecule has 21 heavy (non-hydrogen) atoms. The molecule has 0 aliphatic heterocycles. The Morgan fingerprint density at radius 1 is 1.52 bits per heavy atom. The Labute approximate surface area is 128 Å². The Morgan fingerprint density at radius 3 is 2.81 bits per heavy atom. The summed E-state index contributed by atoms with van der Waals surface area (Å²) in [6, 6.07) is 2.14. The molecule has 0 spiro atoms. The van der Waals surface area contributed by atoms with Crippen LogP contribution in [0.15, 0.2) is 12.3 Å². The van der Waals surface area contributed by atoms with Crippen LogP contribution in [0, 0.1) is 13.8 Å². The van der Waals surface area contributed by atoms with E-state index in [1.165, 1.54) is 0 Å². The number of thiazole rings is 1. The standard InChI is InChI=1S/C15H20N4OS/c1-8-14(21-10(3)17-8)9(2)18-15(20)13-6-11(16)7-19(13)12-4-5-12/h6-7,9,12H,4-5,16H2,1-3H3,(H,18,20). The maximum atomic E-state index is 12.5. The van der Waals surface area contributed by atoms with E-state index in [1.807, 2.05) is 31.5 Å². The van der Waals surface area contributed by atoms with Gasteiger partial charge in [0.15, 0.2) is 0 Å². The van der Waals surface area contributed by atoms with Crippen LogP contribution >= 0.6 is 11.3 Å². The fourth-order valence-corrected chi connectivity index (χ4v) is 3.55. The number of hydrogen-bond acceptors (Lipinski definition) is 4. The molecule has 3 N–H and O–H groups in total. The summed E-state index contributed by atoms with van der Waals surface area (Å²) < 4.78 is 2.00. The number of nitrogens with two attached hydrogens (primary N) is 1. The number of hydrogen-bond donors (Lipinski definition) is 2.